The number of aromatic nitrogens is 1. The van der Waals surface area contributed by atoms with Crippen LogP contribution in [0.25, 0.3) is 6.08 Å². The van der Waals surface area contributed by atoms with Crippen LogP contribution in [0.15, 0.2) is 46.3 Å². The van der Waals surface area contributed by atoms with Crippen molar-refractivity contribution < 1.29 is 22.5 Å². The molecule has 0 saturated carbocycles. The first kappa shape index (κ1) is 23.5. The minimum atomic E-state index is -3.99. The van der Waals surface area contributed by atoms with E-state index >= 15 is 0 Å². The maximum Gasteiger partial charge on any atom is 0.343 e. The van der Waals surface area contributed by atoms with Gasteiger partial charge in [-0.15, -0.1) is 0 Å². The van der Waals surface area contributed by atoms with Crippen molar-refractivity contribution in [2.24, 2.45) is 0 Å². The fraction of sp³-hybridized carbons (Fsp3) is 0.381. The largest absolute Gasteiger partial charge is 0.356 e. The van der Waals surface area contributed by atoms with E-state index < -0.39 is 16.1 Å². The monoisotopic (exact) mass is 461 g/mol. The fourth-order valence-corrected chi connectivity index (χ4v) is 4.17. The molecule has 10 nitrogen and oxygen atoms in total. The summed E-state index contributed by atoms with van der Waals surface area (Å²) in [5.74, 6) is 0.0290. The Kier molecular flexibility index (Phi) is 8.01. The van der Waals surface area contributed by atoms with Crippen molar-refractivity contribution in [2.75, 3.05) is 19.6 Å². The second-order valence-corrected chi connectivity index (χ2v) is 9.10. The second kappa shape index (κ2) is 10.9. The second-order valence-electron chi connectivity index (χ2n) is 7.42. The molecule has 2 heterocycles. The number of nitrogens with one attached hydrogen (secondary N) is 3. The predicted octanol–water partition coefficient (Wildman–Crippen LogP) is 2.07. The first-order valence-corrected chi connectivity index (χ1v) is 11.9. The molecule has 0 unspecified atom stereocenters. The van der Waals surface area contributed by atoms with E-state index in [-0.39, 0.29) is 16.5 Å². The van der Waals surface area contributed by atoms with Gasteiger partial charge in [0, 0.05) is 25.7 Å². The molecule has 1 aliphatic heterocycles. The van der Waals surface area contributed by atoms with Crippen LogP contribution in [0.5, 0.6) is 0 Å². The molecule has 32 heavy (non-hydrogen) atoms. The van der Waals surface area contributed by atoms with Crippen LogP contribution in [0, 0.1) is 0 Å². The summed E-state index contributed by atoms with van der Waals surface area (Å²) < 4.78 is 31.9. The molecule has 1 aromatic heterocycles. The van der Waals surface area contributed by atoms with Crippen molar-refractivity contribution >= 4 is 28.0 Å². The third-order valence-corrected chi connectivity index (χ3v) is 6.33. The lowest BCUT2D eigenvalue weighted by Crippen LogP contribution is -2.49. The SMILES string of the molecule is C=Cc1cc(C(=O)NCCc2ccc(S(=O)(=O)NC(=O)NN3CCCCCC3)cc2)no1. The van der Waals surface area contributed by atoms with Crippen molar-refractivity contribution in [1.29, 1.82) is 0 Å². The van der Waals surface area contributed by atoms with E-state index in [4.69, 9.17) is 4.52 Å². The van der Waals surface area contributed by atoms with E-state index in [0.29, 0.717) is 31.8 Å². The molecule has 0 spiro atoms. The average molecular weight is 462 g/mol. The summed E-state index contributed by atoms with van der Waals surface area (Å²) >= 11 is 0. The van der Waals surface area contributed by atoms with Crippen molar-refractivity contribution in [1.82, 2.24) is 25.6 Å². The molecular formula is C21H27N5O5S. The zero-order valence-electron chi connectivity index (χ0n) is 17.7. The maximum atomic E-state index is 12.5. The Bertz CT molecular complexity index is 1040. The number of carbonyl (C=O) groups is 2. The number of hydrogen-bond donors (Lipinski definition) is 3. The van der Waals surface area contributed by atoms with E-state index in [0.717, 1.165) is 31.2 Å². The quantitative estimate of drug-likeness (QED) is 0.548. The highest BCUT2D eigenvalue weighted by atomic mass is 32.2. The summed E-state index contributed by atoms with van der Waals surface area (Å²) in [5.41, 5.74) is 3.58. The number of amides is 3. The smallest absolute Gasteiger partial charge is 0.343 e. The third kappa shape index (κ3) is 6.66. The van der Waals surface area contributed by atoms with Gasteiger partial charge < -0.3 is 9.84 Å². The molecule has 0 bridgehead atoms. The summed E-state index contributed by atoms with van der Waals surface area (Å²) in [6, 6.07) is 6.84. The minimum absolute atomic E-state index is 0.0177. The Morgan fingerprint density at radius 3 is 2.44 bits per heavy atom. The summed E-state index contributed by atoms with van der Waals surface area (Å²) in [7, 11) is -3.99. The molecule has 0 aliphatic carbocycles. The summed E-state index contributed by atoms with van der Waals surface area (Å²) in [4.78, 5) is 24.1. The molecule has 1 fully saturated rings. The van der Waals surface area contributed by atoms with Crippen LogP contribution in [0.2, 0.25) is 0 Å². The average Bonchev–Trinajstić information content (AvgIpc) is 3.11. The van der Waals surface area contributed by atoms with Crippen LogP contribution in [0.4, 0.5) is 4.79 Å². The maximum absolute atomic E-state index is 12.5. The zero-order chi connectivity index (χ0) is 23.0. The molecular weight excluding hydrogens is 434 g/mol. The number of nitrogens with zero attached hydrogens (tertiary/aromatic N) is 2. The van der Waals surface area contributed by atoms with E-state index in [1.54, 1.807) is 17.1 Å². The lowest BCUT2D eigenvalue weighted by Gasteiger charge is -2.20. The molecule has 1 saturated heterocycles. The number of sulfonamides is 1. The highest BCUT2D eigenvalue weighted by molar-refractivity contribution is 7.90. The molecule has 2 aromatic rings. The van der Waals surface area contributed by atoms with Gasteiger partial charge in [-0.2, -0.15) is 0 Å². The number of hydrogen-bond acceptors (Lipinski definition) is 7. The topological polar surface area (TPSA) is 134 Å². The Morgan fingerprint density at radius 2 is 1.81 bits per heavy atom. The molecule has 1 aliphatic rings. The summed E-state index contributed by atoms with van der Waals surface area (Å²) in [6.45, 7) is 5.27. The molecule has 1 aromatic carbocycles. The molecule has 11 heteroatoms. The Labute approximate surface area is 187 Å². The van der Waals surface area contributed by atoms with Crippen molar-refractivity contribution in [3.63, 3.8) is 0 Å². The van der Waals surface area contributed by atoms with Crippen LogP contribution < -0.4 is 15.5 Å². The fourth-order valence-electron chi connectivity index (χ4n) is 3.27. The molecule has 0 radical (unpaired) electrons. The molecule has 3 rings (SSSR count). The van der Waals surface area contributed by atoms with Crippen LogP contribution >= 0.6 is 0 Å². The Morgan fingerprint density at radius 1 is 1.12 bits per heavy atom. The van der Waals surface area contributed by atoms with E-state index in [1.165, 1.54) is 24.3 Å². The van der Waals surface area contributed by atoms with E-state index in [1.807, 2.05) is 4.72 Å². The Balaban J connectivity index is 1.48. The molecule has 0 atom stereocenters. The molecule has 3 amide bonds. The van der Waals surface area contributed by atoms with Crippen LogP contribution in [0.3, 0.4) is 0 Å². The lowest BCUT2D eigenvalue weighted by atomic mass is 10.1. The summed E-state index contributed by atoms with van der Waals surface area (Å²) in [5, 5.41) is 8.11. The molecule has 3 N–H and O–H groups in total. The number of carbonyl (C=O) groups excluding carboxylic acids is 2. The van der Waals surface area contributed by atoms with Crippen molar-refractivity contribution in [2.45, 2.75) is 37.0 Å². The van der Waals surface area contributed by atoms with Gasteiger partial charge in [0.05, 0.1) is 4.90 Å². The van der Waals surface area contributed by atoms with Gasteiger partial charge in [-0.3, -0.25) is 10.2 Å². The van der Waals surface area contributed by atoms with Crippen LogP contribution in [-0.4, -0.2) is 50.2 Å². The Hall–Kier alpha value is -3.18. The van der Waals surface area contributed by atoms with Gasteiger partial charge >= 0.3 is 6.03 Å². The predicted molar refractivity (Wildman–Crippen MR) is 118 cm³/mol. The van der Waals surface area contributed by atoms with Crippen molar-refractivity contribution in [3.8, 4) is 0 Å². The van der Waals surface area contributed by atoms with Gasteiger partial charge in [0.25, 0.3) is 15.9 Å². The normalized spacial score (nSPS) is 14.9. The standard InChI is InChI=1S/C21H27N5O5S/c1-2-17-15-19(24-31-17)20(27)22-12-11-16-7-9-18(10-8-16)32(29,30)25-21(28)23-26-13-5-3-4-6-14-26/h2,7-10,15H,1,3-6,11-14H2,(H,22,27)(H2,23,25,28). The van der Waals surface area contributed by atoms with Gasteiger partial charge in [-0.05, 0) is 43.0 Å². The third-order valence-electron chi connectivity index (χ3n) is 4.99. The summed E-state index contributed by atoms with van der Waals surface area (Å²) in [6.07, 6.45) is 6.07. The molecule has 172 valence electrons. The minimum Gasteiger partial charge on any atom is -0.356 e. The number of urea groups is 1. The first-order valence-electron chi connectivity index (χ1n) is 10.4. The number of benzene rings is 1. The van der Waals surface area contributed by atoms with Gasteiger partial charge in [0.15, 0.2) is 11.5 Å². The first-order chi connectivity index (χ1) is 15.4. The van der Waals surface area contributed by atoms with Gasteiger partial charge in [0.1, 0.15) is 0 Å². The van der Waals surface area contributed by atoms with Crippen LogP contribution in [0.1, 0.15) is 47.5 Å². The highest BCUT2D eigenvalue weighted by Gasteiger charge is 2.19. The van der Waals surface area contributed by atoms with Crippen LogP contribution in [-0.2, 0) is 16.4 Å². The van der Waals surface area contributed by atoms with Gasteiger partial charge in [-0.25, -0.2) is 22.9 Å². The lowest BCUT2D eigenvalue weighted by molar-refractivity contribution is 0.0945. The number of hydrazine groups is 1. The van der Waals surface area contributed by atoms with Gasteiger partial charge in [-0.1, -0.05) is 36.7 Å². The van der Waals surface area contributed by atoms with E-state index in [9.17, 15) is 18.0 Å². The van der Waals surface area contributed by atoms with Gasteiger partial charge in [0.2, 0.25) is 0 Å². The zero-order valence-corrected chi connectivity index (χ0v) is 18.5. The highest BCUT2D eigenvalue weighted by Crippen LogP contribution is 2.12. The van der Waals surface area contributed by atoms with E-state index in [2.05, 4.69) is 22.5 Å². The number of rotatable bonds is 8. The van der Waals surface area contributed by atoms with Crippen molar-refractivity contribution in [3.05, 3.63) is 53.9 Å².